The summed E-state index contributed by atoms with van der Waals surface area (Å²) < 4.78 is 66.8. The van der Waals surface area contributed by atoms with Crippen LogP contribution in [0.4, 0.5) is 13.2 Å². The van der Waals surface area contributed by atoms with Crippen LogP contribution in [-0.2, 0) is 42.4 Å². The SMILES string of the molecule is COC(C)(C)c1nc2c(c3c1C(c1ccc(C(F)(F)F)cc1)OC31CCOCC1)C(O[Si](C)(C)C(C)(C)C)CC(C)(C)C2. The topological polar surface area (TPSA) is 49.8 Å². The fourth-order valence-corrected chi connectivity index (χ4v) is 7.97. The predicted molar refractivity (Wildman–Crippen MR) is 163 cm³/mol. The molecule has 0 N–H and O–H groups in total. The van der Waals surface area contributed by atoms with Crippen LogP contribution in [0, 0.1) is 5.41 Å². The van der Waals surface area contributed by atoms with Gasteiger partial charge in [0.15, 0.2) is 8.32 Å². The summed E-state index contributed by atoms with van der Waals surface area (Å²) in [6, 6.07) is 5.38. The highest BCUT2D eigenvalue weighted by Crippen LogP contribution is 2.59. The number of pyridine rings is 1. The average Bonchev–Trinajstić information content (AvgIpc) is 3.20. The van der Waals surface area contributed by atoms with Crippen molar-refractivity contribution in [3.8, 4) is 0 Å². The number of nitrogens with zero attached hydrogens (tertiary/aromatic N) is 1. The summed E-state index contributed by atoms with van der Waals surface area (Å²) in [5.74, 6) is 0. The van der Waals surface area contributed by atoms with Gasteiger partial charge in [-0.1, -0.05) is 46.8 Å². The smallest absolute Gasteiger partial charge is 0.410 e. The van der Waals surface area contributed by atoms with Crippen LogP contribution in [0.3, 0.4) is 0 Å². The second kappa shape index (κ2) is 10.6. The molecule has 1 aliphatic carbocycles. The minimum absolute atomic E-state index is 0.0129. The summed E-state index contributed by atoms with van der Waals surface area (Å²) in [5, 5.41) is 0.0129. The number of ether oxygens (including phenoxy) is 3. The molecule has 9 heteroatoms. The normalized spacial score (nSPS) is 23.7. The van der Waals surface area contributed by atoms with E-state index in [1.54, 1.807) is 19.2 Å². The van der Waals surface area contributed by atoms with Crippen LogP contribution in [0.1, 0.15) is 119 Å². The Morgan fingerprint density at radius 3 is 2.09 bits per heavy atom. The zero-order valence-corrected chi connectivity index (χ0v) is 28.4. The van der Waals surface area contributed by atoms with Crippen molar-refractivity contribution in [2.45, 2.75) is 122 Å². The molecule has 0 radical (unpaired) electrons. The molecular formula is C34H48F3NO4Si. The summed E-state index contributed by atoms with van der Waals surface area (Å²) in [5.41, 5.74) is 3.45. The second-order valence-corrected chi connectivity index (χ2v) is 20.2. The number of fused-ring (bicyclic) bond motifs is 4. The van der Waals surface area contributed by atoms with Gasteiger partial charge >= 0.3 is 6.18 Å². The lowest BCUT2D eigenvalue weighted by Crippen LogP contribution is -2.45. The molecular weight excluding hydrogens is 571 g/mol. The van der Waals surface area contributed by atoms with E-state index in [2.05, 4.69) is 47.7 Å². The van der Waals surface area contributed by atoms with Gasteiger partial charge in [0.1, 0.15) is 11.7 Å². The van der Waals surface area contributed by atoms with Gasteiger partial charge in [0, 0.05) is 50.0 Å². The average molecular weight is 620 g/mol. The van der Waals surface area contributed by atoms with Crippen LogP contribution in [-0.4, -0.2) is 33.6 Å². The van der Waals surface area contributed by atoms with E-state index < -0.39 is 37.4 Å². The molecule has 5 rings (SSSR count). The van der Waals surface area contributed by atoms with Crippen LogP contribution in [0.25, 0.3) is 0 Å². The third-order valence-electron chi connectivity index (χ3n) is 10.3. The molecule has 43 heavy (non-hydrogen) atoms. The summed E-state index contributed by atoms with van der Waals surface area (Å²) in [4.78, 5) is 5.40. The molecule has 2 atom stereocenters. The van der Waals surface area contributed by atoms with Crippen LogP contribution < -0.4 is 0 Å². The van der Waals surface area contributed by atoms with E-state index in [9.17, 15) is 13.2 Å². The molecule has 1 fully saturated rings. The van der Waals surface area contributed by atoms with Gasteiger partial charge in [-0.3, -0.25) is 4.98 Å². The number of rotatable bonds is 5. The first-order valence-corrected chi connectivity index (χ1v) is 18.4. The molecule has 0 saturated carbocycles. The van der Waals surface area contributed by atoms with Gasteiger partial charge in [-0.2, -0.15) is 13.2 Å². The highest BCUT2D eigenvalue weighted by molar-refractivity contribution is 6.74. The maximum absolute atomic E-state index is 13.5. The van der Waals surface area contributed by atoms with E-state index in [1.165, 1.54) is 0 Å². The molecule has 1 saturated heterocycles. The van der Waals surface area contributed by atoms with Crippen LogP contribution in [0.2, 0.25) is 18.1 Å². The monoisotopic (exact) mass is 619 g/mol. The van der Waals surface area contributed by atoms with Crippen molar-refractivity contribution < 1.29 is 31.8 Å². The number of hydrogen-bond acceptors (Lipinski definition) is 5. The zero-order valence-electron chi connectivity index (χ0n) is 27.4. The van der Waals surface area contributed by atoms with Crippen molar-refractivity contribution in [1.29, 1.82) is 0 Å². The van der Waals surface area contributed by atoms with Crippen LogP contribution in [0.15, 0.2) is 24.3 Å². The maximum atomic E-state index is 13.5. The first-order valence-electron chi connectivity index (χ1n) is 15.4. The Morgan fingerprint density at radius 2 is 1.56 bits per heavy atom. The van der Waals surface area contributed by atoms with Gasteiger partial charge in [-0.15, -0.1) is 0 Å². The molecule has 2 aliphatic heterocycles. The van der Waals surface area contributed by atoms with E-state index in [-0.39, 0.29) is 16.6 Å². The standard InChI is InChI=1S/C34H48F3NO4Si/c1-30(2,3)43(9,10)42-24-20-31(4,5)19-23-25(24)27-26(29(38-23)32(6,7)39-8)28(41-33(27)15-17-40-18-16-33)21-11-13-22(14-12-21)34(35,36)37/h11-14,24,28H,15-20H2,1-10H3. The molecule has 238 valence electrons. The lowest BCUT2D eigenvalue weighted by molar-refractivity contribution is -0.137. The number of alkyl halides is 3. The first kappa shape index (κ1) is 32.6. The lowest BCUT2D eigenvalue weighted by Gasteiger charge is -2.46. The Hall–Kier alpha value is -1.78. The molecule has 0 amide bonds. The van der Waals surface area contributed by atoms with E-state index >= 15 is 0 Å². The van der Waals surface area contributed by atoms with E-state index in [0.717, 1.165) is 53.1 Å². The lowest BCUT2D eigenvalue weighted by atomic mass is 9.69. The van der Waals surface area contributed by atoms with Crippen molar-refractivity contribution >= 4 is 8.32 Å². The molecule has 2 aromatic rings. The number of aromatic nitrogens is 1. The fraction of sp³-hybridized carbons (Fsp3) is 0.676. The Kier molecular flexibility index (Phi) is 8.07. The van der Waals surface area contributed by atoms with Gasteiger partial charge in [-0.25, -0.2) is 0 Å². The van der Waals surface area contributed by atoms with Crippen molar-refractivity contribution in [1.82, 2.24) is 4.98 Å². The van der Waals surface area contributed by atoms with Gasteiger partial charge in [0.2, 0.25) is 0 Å². The van der Waals surface area contributed by atoms with Crippen molar-refractivity contribution in [2.75, 3.05) is 20.3 Å². The molecule has 1 aromatic carbocycles. The Balaban J connectivity index is 1.81. The number of benzene rings is 1. The quantitative estimate of drug-likeness (QED) is 0.313. The third kappa shape index (κ3) is 5.85. The Labute approximate surface area is 256 Å². The third-order valence-corrected chi connectivity index (χ3v) is 14.8. The van der Waals surface area contributed by atoms with Crippen LogP contribution >= 0.6 is 0 Å². The highest BCUT2D eigenvalue weighted by Gasteiger charge is 2.54. The van der Waals surface area contributed by atoms with E-state index in [4.69, 9.17) is 23.6 Å². The van der Waals surface area contributed by atoms with E-state index in [0.29, 0.717) is 31.6 Å². The molecule has 1 spiro atoms. The number of methoxy groups -OCH3 is 1. The maximum Gasteiger partial charge on any atom is 0.416 e. The molecule has 5 nitrogen and oxygen atoms in total. The first-order chi connectivity index (χ1) is 19.7. The molecule has 3 heterocycles. The van der Waals surface area contributed by atoms with Crippen LogP contribution in [0.5, 0.6) is 0 Å². The van der Waals surface area contributed by atoms with E-state index in [1.807, 2.05) is 13.8 Å². The predicted octanol–water partition coefficient (Wildman–Crippen LogP) is 9.14. The van der Waals surface area contributed by atoms with Crippen molar-refractivity contribution in [2.24, 2.45) is 5.41 Å². The Bertz CT molecular complexity index is 1360. The summed E-state index contributed by atoms with van der Waals surface area (Å²) in [7, 11) is -0.529. The molecule has 1 aromatic heterocycles. The molecule has 3 aliphatic rings. The number of halogens is 3. The molecule has 0 bridgehead atoms. The zero-order chi connectivity index (χ0) is 31.8. The largest absolute Gasteiger partial charge is 0.416 e. The van der Waals surface area contributed by atoms with Crippen molar-refractivity contribution in [3.63, 3.8) is 0 Å². The van der Waals surface area contributed by atoms with Gasteiger partial charge in [0.05, 0.1) is 23.0 Å². The van der Waals surface area contributed by atoms with Gasteiger partial charge < -0.3 is 18.6 Å². The number of hydrogen-bond donors (Lipinski definition) is 0. The van der Waals surface area contributed by atoms with Gasteiger partial charge in [-0.05, 0) is 73.5 Å². The van der Waals surface area contributed by atoms with Crippen molar-refractivity contribution in [3.05, 3.63) is 63.5 Å². The summed E-state index contributed by atoms with van der Waals surface area (Å²) in [6.45, 7) is 21.0. The minimum atomic E-state index is -4.42. The second-order valence-electron chi connectivity index (χ2n) is 15.5. The summed E-state index contributed by atoms with van der Waals surface area (Å²) >= 11 is 0. The fourth-order valence-electron chi connectivity index (χ4n) is 6.70. The highest BCUT2D eigenvalue weighted by atomic mass is 28.4. The van der Waals surface area contributed by atoms with Gasteiger partial charge in [0.25, 0.3) is 0 Å². The Morgan fingerprint density at radius 1 is 0.953 bits per heavy atom. The minimum Gasteiger partial charge on any atom is -0.410 e. The molecule has 2 unspecified atom stereocenters. The summed E-state index contributed by atoms with van der Waals surface area (Å²) in [6.07, 6.45) is -2.24.